The van der Waals surface area contributed by atoms with Crippen LogP contribution in [-0.2, 0) is 25.5 Å². The van der Waals surface area contributed by atoms with Gasteiger partial charge >= 0.3 is 5.97 Å². The normalized spacial score (nSPS) is 13.0. The number of anilines is 2. The van der Waals surface area contributed by atoms with E-state index in [9.17, 15) is 14.4 Å². The summed E-state index contributed by atoms with van der Waals surface area (Å²) in [6.07, 6.45) is -0.150. The first-order chi connectivity index (χ1) is 12.5. The van der Waals surface area contributed by atoms with Gasteiger partial charge in [0.05, 0.1) is 17.8 Å². The first-order valence-corrected chi connectivity index (χ1v) is 8.49. The Labute approximate surface area is 159 Å². The Balaban J connectivity index is 1.64. The molecule has 1 N–H and O–H groups in total. The second-order valence-corrected chi connectivity index (χ2v) is 6.40. The van der Waals surface area contributed by atoms with E-state index in [1.807, 2.05) is 0 Å². The molecule has 2 aromatic rings. The molecule has 1 aliphatic rings. The lowest BCUT2D eigenvalue weighted by molar-refractivity contribution is -0.147. The van der Waals surface area contributed by atoms with Gasteiger partial charge in [-0.15, -0.1) is 0 Å². The summed E-state index contributed by atoms with van der Waals surface area (Å²) in [6.45, 7) is -0.619. The highest BCUT2D eigenvalue weighted by atomic mass is 35.5. The number of ether oxygens (including phenoxy) is 1. The molecule has 2 aromatic carbocycles. The van der Waals surface area contributed by atoms with Gasteiger partial charge in [-0.05, 0) is 24.3 Å². The zero-order valence-corrected chi connectivity index (χ0v) is 15.0. The van der Waals surface area contributed by atoms with Gasteiger partial charge in [-0.25, -0.2) is 0 Å². The van der Waals surface area contributed by atoms with E-state index in [2.05, 4.69) is 5.32 Å². The minimum absolute atomic E-state index is 0.135. The second kappa shape index (κ2) is 7.76. The highest BCUT2D eigenvalue weighted by molar-refractivity contribution is 6.36. The SMILES string of the molecule is O=C1CN(C(=O)COC(=O)Cc2c(Cl)cccc2Cl)c2ccccc2N1. The van der Waals surface area contributed by atoms with Crippen molar-refractivity contribution < 1.29 is 19.1 Å². The van der Waals surface area contributed by atoms with E-state index in [1.165, 1.54) is 4.90 Å². The molecular formula is C18H14Cl2N2O4. The zero-order valence-electron chi connectivity index (χ0n) is 13.5. The van der Waals surface area contributed by atoms with Crippen molar-refractivity contribution in [1.29, 1.82) is 0 Å². The van der Waals surface area contributed by atoms with Crippen molar-refractivity contribution in [3.8, 4) is 0 Å². The third kappa shape index (κ3) is 3.98. The monoisotopic (exact) mass is 392 g/mol. The van der Waals surface area contributed by atoms with E-state index < -0.39 is 18.5 Å². The van der Waals surface area contributed by atoms with Gasteiger partial charge in [0.15, 0.2) is 6.61 Å². The van der Waals surface area contributed by atoms with Crippen LogP contribution in [0.4, 0.5) is 11.4 Å². The molecule has 0 bridgehead atoms. The van der Waals surface area contributed by atoms with Crippen molar-refractivity contribution in [1.82, 2.24) is 0 Å². The number of amides is 2. The Morgan fingerprint density at radius 2 is 1.77 bits per heavy atom. The Kier molecular flexibility index (Phi) is 5.44. The molecule has 1 aliphatic heterocycles. The molecule has 0 unspecified atom stereocenters. The maximum atomic E-state index is 12.4. The Morgan fingerprint density at radius 3 is 2.50 bits per heavy atom. The van der Waals surface area contributed by atoms with Crippen molar-refractivity contribution in [2.24, 2.45) is 0 Å². The molecule has 0 fully saturated rings. The first kappa shape index (κ1) is 18.2. The van der Waals surface area contributed by atoms with Crippen LogP contribution >= 0.6 is 23.2 Å². The predicted octanol–water partition coefficient (Wildman–Crippen LogP) is 3.06. The van der Waals surface area contributed by atoms with Gasteiger partial charge in [0.25, 0.3) is 5.91 Å². The van der Waals surface area contributed by atoms with Crippen molar-refractivity contribution in [3.63, 3.8) is 0 Å². The van der Waals surface area contributed by atoms with Gasteiger partial charge in [-0.1, -0.05) is 41.4 Å². The fraction of sp³-hybridized carbons (Fsp3) is 0.167. The molecule has 134 valence electrons. The molecule has 0 saturated heterocycles. The highest BCUT2D eigenvalue weighted by Gasteiger charge is 2.27. The van der Waals surface area contributed by atoms with Crippen LogP contribution < -0.4 is 10.2 Å². The van der Waals surface area contributed by atoms with Crippen LogP contribution in [-0.4, -0.2) is 30.9 Å². The van der Waals surface area contributed by atoms with E-state index >= 15 is 0 Å². The number of hydrogen-bond acceptors (Lipinski definition) is 4. The van der Waals surface area contributed by atoms with Gasteiger partial charge in [0.2, 0.25) is 5.91 Å². The number of fused-ring (bicyclic) bond motifs is 1. The number of carbonyl (C=O) groups is 3. The average molecular weight is 393 g/mol. The Morgan fingerprint density at radius 1 is 1.08 bits per heavy atom. The molecule has 26 heavy (non-hydrogen) atoms. The quantitative estimate of drug-likeness (QED) is 0.811. The summed E-state index contributed by atoms with van der Waals surface area (Å²) in [7, 11) is 0. The number of esters is 1. The second-order valence-electron chi connectivity index (χ2n) is 5.58. The van der Waals surface area contributed by atoms with Gasteiger partial charge in [-0.3, -0.25) is 19.3 Å². The van der Waals surface area contributed by atoms with Gasteiger partial charge in [-0.2, -0.15) is 0 Å². The van der Waals surface area contributed by atoms with Crippen LogP contribution in [0.25, 0.3) is 0 Å². The van der Waals surface area contributed by atoms with E-state index in [4.69, 9.17) is 27.9 Å². The maximum absolute atomic E-state index is 12.4. The summed E-state index contributed by atoms with van der Waals surface area (Å²) in [5.41, 5.74) is 1.53. The number of halogens is 2. The van der Waals surface area contributed by atoms with Crippen LogP contribution in [0, 0.1) is 0 Å². The molecule has 6 nitrogen and oxygen atoms in total. The molecule has 0 spiro atoms. The zero-order chi connectivity index (χ0) is 18.7. The smallest absolute Gasteiger partial charge is 0.310 e. The van der Waals surface area contributed by atoms with E-state index in [0.717, 1.165) is 0 Å². The third-order valence-corrected chi connectivity index (χ3v) is 4.52. The molecule has 0 atom stereocenters. The minimum atomic E-state index is -0.636. The molecule has 8 heteroatoms. The van der Waals surface area contributed by atoms with Crippen LogP contribution in [0.3, 0.4) is 0 Å². The number of nitrogens with zero attached hydrogens (tertiary/aromatic N) is 1. The summed E-state index contributed by atoms with van der Waals surface area (Å²) in [4.78, 5) is 37.5. The molecular weight excluding hydrogens is 379 g/mol. The number of para-hydroxylation sites is 2. The van der Waals surface area contributed by atoms with Crippen molar-refractivity contribution in [2.75, 3.05) is 23.4 Å². The lowest BCUT2D eigenvalue weighted by atomic mass is 10.1. The lowest BCUT2D eigenvalue weighted by Gasteiger charge is -2.28. The molecule has 0 radical (unpaired) electrons. The number of hydrogen-bond donors (Lipinski definition) is 1. The van der Waals surface area contributed by atoms with Crippen LogP contribution in [0.1, 0.15) is 5.56 Å². The van der Waals surface area contributed by atoms with E-state index in [0.29, 0.717) is 27.0 Å². The van der Waals surface area contributed by atoms with Gasteiger partial charge < -0.3 is 10.1 Å². The summed E-state index contributed by atoms with van der Waals surface area (Å²) < 4.78 is 5.04. The summed E-state index contributed by atoms with van der Waals surface area (Å²) in [5.74, 6) is -1.44. The minimum Gasteiger partial charge on any atom is -0.455 e. The van der Waals surface area contributed by atoms with Crippen LogP contribution in [0.5, 0.6) is 0 Å². The standard InChI is InChI=1S/C18H14Cl2N2O4/c19-12-4-3-5-13(20)11(12)8-18(25)26-10-17(24)22-9-16(23)21-14-6-1-2-7-15(14)22/h1-7H,8-10H2,(H,21,23). The molecule has 0 aliphatic carbocycles. The lowest BCUT2D eigenvalue weighted by Crippen LogP contribution is -2.44. The fourth-order valence-corrected chi connectivity index (χ4v) is 3.10. The summed E-state index contributed by atoms with van der Waals surface area (Å²) >= 11 is 12.0. The maximum Gasteiger partial charge on any atom is 0.310 e. The summed E-state index contributed by atoms with van der Waals surface area (Å²) in [6, 6.07) is 11.8. The Hall–Kier alpha value is -2.57. The third-order valence-electron chi connectivity index (χ3n) is 3.81. The number of nitrogens with one attached hydrogen (secondary N) is 1. The number of benzene rings is 2. The van der Waals surface area contributed by atoms with Gasteiger partial charge in [0, 0.05) is 15.6 Å². The summed E-state index contributed by atoms with van der Waals surface area (Å²) in [5, 5.41) is 3.38. The van der Waals surface area contributed by atoms with Crippen molar-refractivity contribution in [3.05, 3.63) is 58.1 Å². The largest absolute Gasteiger partial charge is 0.455 e. The number of rotatable bonds is 4. The van der Waals surface area contributed by atoms with Crippen LogP contribution in [0.2, 0.25) is 10.0 Å². The fourth-order valence-electron chi connectivity index (χ4n) is 2.57. The van der Waals surface area contributed by atoms with Crippen LogP contribution in [0.15, 0.2) is 42.5 Å². The van der Waals surface area contributed by atoms with E-state index in [1.54, 1.807) is 42.5 Å². The molecule has 0 aromatic heterocycles. The van der Waals surface area contributed by atoms with Gasteiger partial charge in [0.1, 0.15) is 6.54 Å². The number of carbonyl (C=O) groups excluding carboxylic acids is 3. The Bertz CT molecular complexity index is 865. The molecule has 1 heterocycles. The molecule has 3 rings (SSSR count). The predicted molar refractivity (Wildman–Crippen MR) is 98.5 cm³/mol. The van der Waals surface area contributed by atoms with Crippen molar-refractivity contribution in [2.45, 2.75) is 6.42 Å². The first-order valence-electron chi connectivity index (χ1n) is 7.73. The average Bonchev–Trinajstić information content (AvgIpc) is 2.62. The molecule has 0 saturated carbocycles. The highest BCUT2D eigenvalue weighted by Crippen LogP contribution is 2.29. The topological polar surface area (TPSA) is 75.7 Å². The van der Waals surface area contributed by atoms with Crippen molar-refractivity contribution >= 4 is 52.4 Å². The molecule has 2 amide bonds. The van der Waals surface area contributed by atoms with E-state index in [-0.39, 0.29) is 18.9 Å².